The molecule has 3 nitrogen and oxygen atoms in total. The van der Waals surface area contributed by atoms with Gasteiger partial charge in [0, 0.05) is 5.69 Å². The lowest BCUT2D eigenvalue weighted by atomic mass is 10.1. The lowest BCUT2D eigenvalue weighted by molar-refractivity contribution is -0.137. The summed E-state index contributed by atoms with van der Waals surface area (Å²) < 4.78 is 0. The molecule has 0 fully saturated rings. The molecule has 0 unspecified atom stereocenters. The van der Waals surface area contributed by atoms with Crippen LogP contribution in [0.15, 0.2) is 41.1 Å². The molecular weight excluding hydrogens is 234 g/mol. The Hall–Kier alpha value is -1.81. The maximum atomic E-state index is 10.7. The molecule has 17 heavy (non-hydrogen) atoms. The van der Waals surface area contributed by atoms with Gasteiger partial charge in [-0.1, -0.05) is 12.1 Å². The highest BCUT2D eigenvalue weighted by Crippen LogP contribution is 2.23. The molecule has 0 saturated carbocycles. The molecule has 0 amide bonds. The monoisotopic (exact) mass is 247 g/mol. The summed E-state index contributed by atoms with van der Waals surface area (Å²) >= 11 is 1.66. The van der Waals surface area contributed by atoms with Gasteiger partial charge in [-0.15, -0.1) is 0 Å². The van der Waals surface area contributed by atoms with Gasteiger partial charge in [-0.25, -0.2) is 0 Å². The van der Waals surface area contributed by atoms with Crippen molar-refractivity contribution in [1.29, 1.82) is 0 Å². The van der Waals surface area contributed by atoms with Gasteiger partial charge in [0.25, 0.3) is 0 Å². The van der Waals surface area contributed by atoms with Crippen LogP contribution in [-0.4, -0.2) is 17.1 Å². The molecule has 2 aromatic rings. The predicted octanol–water partition coefficient (Wildman–Crippen LogP) is 3.30. The molecule has 88 valence electrons. The van der Waals surface area contributed by atoms with Crippen LogP contribution in [0.4, 0.5) is 5.69 Å². The molecule has 0 bridgehead atoms. The Labute approximate surface area is 104 Å². The average molecular weight is 247 g/mol. The van der Waals surface area contributed by atoms with E-state index in [1.54, 1.807) is 18.3 Å². The number of thiophene rings is 1. The summed E-state index contributed by atoms with van der Waals surface area (Å²) in [5, 5.41) is 15.8. The molecule has 0 saturated heterocycles. The third-order valence-corrected chi connectivity index (χ3v) is 3.18. The molecule has 0 aliphatic carbocycles. The van der Waals surface area contributed by atoms with Gasteiger partial charge in [0.2, 0.25) is 0 Å². The van der Waals surface area contributed by atoms with Crippen molar-refractivity contribution in [2.45, 2.75) is 13.0 Å². The van der Waals surface area contributed by atoms with Gasteiger partial charge < -0.3 is 10.4 Å². The second-order valence-corrected chi connectivity index (χ2v) is 4.57. The van der Waals surface area contributed by atoms with E-state index >= 15 is 0 Å². The smallest absolute Gasteiger partial charge is 0.325 e. The molecule has 2 N–H and O–H groups in total. The molecule has 0 radical (unpaired) electrons. The third-order valence-electron chi connectivity index (χ3n) is 2.49. The lowest BCUT2D eigenvalue weighted by Gasteiger charge is -2.10. The largest absolute Gasteiger partial charge is 0.480 e. The Morgan fingerprint density at radius 2 is 1.94 bits per heavy atom. The van der Waals surface area contributed by atoms with Gasteiger partial charge >= 0.3 is 5.97 Å². The lowest BCUT2D eigenvalue weighted by Crippen LogP contribution is -2.25. The van der Waals surface area contributed by atoms with E-state index in [9.17, 15) is 4.79 Å². The first kappa shape index (κ1) is 11.7. The Morgan fingerprint density at radius 1 is 1.24 bits per heavy atom. The number of anilines is 1. The van der Waals surface area contributed by atoms with Crippen molar-refractivity contribution in [3.05, 3.63) is 41.1 Å². The quantitative estimate of drug-likeness (QED) is 0.871. The van der Waals surface area contributed by atoms with Crippen LogP contribution in [-0.2, 0) is 4.79 Å². The van der Waals surface area contributed by atoms with Crippen LogP contribution < -0.4 is 5.32 Å². The van der Waals surface area contributed by atoms with Crippen molar-refractivity contribution in [3.8, 4) is 11.1 Å². The van der Waals surface area contributed by atoms with E-state index in [0.717, 1.165) is 11.3 Å². The third kappa shape index (κ3) is 2.85. The summed E-state index contributed by atoms with van der Waals surface area (Å²) in [4.78, 5) is 10.7. The highest BCUT2D eigenvalue weighted by Gasteiger charge is 2.09. The minimum atomic E-state index is -0.855. The van der Waals surface area contributed by atoms with Crippen molar-refractivity contribution < 1.29 is 9.90 Å². The zero-order valence-corrected chi connectivity index (χ0v) is 10.2. The molecule has 1 heterocycles. The number of rotatable bonds is 4. The maximum Gasteiger partial charge on any atom is 0.325 e. The van der Waals surface area contributed by atoms with E-state index in [2.05, 4.69) is 16.8 Å². The minimum Gasteiger partial charge on any atom is -0.480 e. The SMILES string of the molecule is C[C@H](Nc1ccc(-c2ccsc2)cc1)C(=O)O. The predicted molar refractivity (Wildman–Crippen MR) is 70.5 cm³/mol. The van der Waals surface area contributed by atoms with Gasteiger partial charge in [-0.05, 0) is 47.0 Å². The van der Waals surface area contributed by atoms with Crippen LogP contribution in [0.2, 0.25) is 0 Å². The highest BCUT2D eigenvalue weighted by molar-refractivity contribution is 7.08. The van der Waals surface area contributed by atoms with Crippen LogP contribution in [0, 0.1) is 0 Å². The van der Waals surface area contributed by atoms with E-state index in [-0.39, 0.29) is 0 Å². The van der Waals surface area contributed by atoms with Crippen LogP contribution in [0.1, 0.15) is 6.92 Å². The topological polar surface area (TPSA) is 49.3 Å². The normalized spacial score (nSPS) is 12.1. The summed E-state index contributed by atoms with van der Waals surface area (Å²) in [6.07, 6.45) is 0. The fourth-order valence-electron chi connectivity index (χ4n) is 1.50. The van der Waals surface area contributed by atoms with Gasteiger partial charge in [-0.2, -0.15) is 11.3 Å². The molecule has 1 aromatic carbocycles. The fraction of sp³-hybridized carbons (Fsp3) is 0.154. The second kappa shape index (κ2) is 5.01. The van der Waals surface area contributed by atoms with E-state index in [1.807, 2.05) is 29.6 Å². The van der Waals surface area contributed by atoms with Crippen LogP contribution >= 0.6 is 11.3 Å². The number of hydrogen-bond donors (Lipinski definition) is 2. The van der Waals surface area contributed by atoms with Crippen molar-refractivity contribution in [3.63, 3.8) is 0 Å². The fourth-order valence-corrected chi connectivity index (χ4v) is 2.16. The number of nitrogens with one attached hydrogen (secondary N) is 1. The Kier molecular flexibility index (Phi) is 3.44. The number of carbonyl (C=O) groups is 1. The summed E-state index contributed by atoms with van der Waals surface area (Å²) in [6, 6.07) is 9.24. The molecule has 0 spiro atoms. The Morgan fingerprint density at radius 3 is 2.47 bits per heavy atom. The maximum absolute atomic E-state index is 10.7. The summed E-state index contributed by atoms with van der Waals surface area (Å²) in [7, 11) is 0. The first-order valence-corrected chi connectivity index (χ1v) is 6.23. The second-order valence-electron chi connectivity index (χ2n) is 3.79. The molecule has 1 aromatic heterocycles. The number of carboxylic acids is 1. The highest BCUT2D eigenvalue weighted by atomic mass is 32.1. The molecule has 1 atom stereocenters. The molecular formula is C13H13NO2S. The van der Waals surface area contributed by atoms with Gasteiger partial charge in [0.05, 0.1) is 0 Å². The van der Waals surface area contributed by atoms with E-state index in [4.69, 9.17) is 5.11 Å². The summed E-state index contributed by atoms with van der Waals surface area (Å²) in [5.74, 6) is -0.855. The van der Waals surface area contributed by atoms with E-state index in [0.29, 0.717) is 0 Å². The number of aliphatic carboxylic acids is 1. The van der Waals surface area contributed by atoms with Crippen molar-refractivity contribution in [1.82, 2.24) is 0 Å². The standard InChI is InChI=1S/C13H13NO2S/c1-9(13(15)16)14-12-4-2-10(3-5-12)11-6-7-17-8-11/h2-9,14H,1H3,(H,15,16)/t9-/m0/s1. The van der Waals surface area contributed by atoms with E-state index in [1.165, 1.54) is 5.56 Å². The number of carboxylic acid groups (broad SMARTS) is 1. The van der Waals surface area contributed by atoms with Gasteiger partial charge in [0.1, 0.15) is 6.04 Å². The van der Waals surface area contributed by atoms with Crippen LogP contribution in [0.3, 0.4) is 0 Å². The number of benzene rings is 1. The van der Waals surface area contributed by atoms with Gasteiger partial charge in [0.15, 0.2) is 0 Å². The first-order chi connectivity index (χ1) is 8.16. The Bertz CT molecular complexity index is 491. The van der Waals surface area contributed by atoms with Crippen molar-refractivity contribution in [2.75, 3.05) is 5.32 Å². The number of hydrogen-bond acceptors (Lipinski definition) is 3. The van der Waals surface area contributed by atoms with Crippen molar-refractivity contribution in [2.24, 2.45) is 0 Å². The zero-order chi connectivity index (χ0) is 12.3. The van der Waals surface area contributed by atoms with Crippen LogP contribution in [0.5, 0.6) is 0 Å². The first-order valence-electron chi connectivity index (χ1n) is 5.29. The average Bonchev–Trinajstić information content (AvgIpc) is 2.83. The van der Waals surface area contributed by atoms with Gasteiger partial charge in [-0.3, -0.25) is 4.79 Å². The van der Waals surface area contributed by atoms with E-state index < -0.39 is 12.0 Å². The zero-order valence-electron chi connectivity index (χ0n) is 9.38. The molecule has 0 aliphatic heterocycles. The molecule has 2 rings (SSSR count). The Balaban J connectivity index is 2.11. The van der Waals surface area contributed by atoms with Crippen molar-refractivity contribution >= 4 is 23.0 Å². The summed E-state index contributed by atoms with van der Waals surface area (Å²) in [5.41, 5.74) is 3.14. The molecule has 0 aliphatic rings. The molecule has 4 heteroatoms. The minimum absolute atomic E-state index is 0.581. The van der Waals surface area contributed by atoms with Crippen LogP contribution in [0.25, 0.3) is 11.1 Å². The summed E-state index contributed by atoms with van der Waals surface area (Å²) in [6.45, 7) is 1.62.